The number of carbonyl (C=O) groups excluding carboxylic acids is 2. The fraction of sp³-hybridized carbons (Fsp3) is 0.571. The molecule has 0 saturated carbocycles. The van der Waals surface area contributed by atoms with Crippen molar-refractivity contribution in [2.75, 3.05) is 19.9 Å². The van der Waals surface area contributed by atoms with E-state index in [-0.39, 0.29) is 17.6 Å². The molecule has 21 heavy (non-hydrogen) atoms. The van der Waals surface area contributed by atoms with Crippen LogP contribution in [0, 0.1) is 0 Å². The molecule has 7 heteroatoms. The van der Waals surface area contributed by atoms with Crippen LogP contribution in [0.15, 0.2) is 21.9 Å². The Bertz CT molecular complexity index is 420. The summed E-state index contributed by atoms with van der Waals surface area (Å²) in [4.78, 5) is 30.5. The van der Waals surface area contributed by atoms with Crippen LogP contribution in [0.2, 0.25) is 0 Å². The Balaban J connectivity index is 4.01. The second-order valence-electron chi connectivity index (χ2n) is 4.17. The normalized spacial score (nSPS) is 12.0. The Labute approximate surface area is 130 Å². The molecule has 118 valence electrons. The Hall–Kier alpha value is -1.63. The summed E-state index contributed by atoms with van der Waals surface area (Å²) in [6.07, 6.45) is 6.11. The van der Waals surface area contributed by atoms with Gasteiger partial charge in [0, 0.05) is 13.0 Å². The lowest BCUT2D eigenvalue weighted by Gasteiger charge is -2.04. The first kappa shape index (κ1) is 19.4. The van der Waals surface area contributed by atoms with Gasteiger partial charge in [0.05, 0.1) is 18.4 Å². The van der Waals surface area contributed by atoms with Crippen LogP contribution in [0.3, 0.4) is 0 Å². The number of aliphatic imine (C=N–C) groups is 2. The van der Waals surface area contributed by atoms with Crippen LogP contribution < -0.4 is 5.32 Å². The van der Waals surface area contributed by atoms with Gasteiger partial charge in [-0.25, -0.2) is 0 Å². The predicted octanol–water partition coefficient (Wildman–Crippen LogP) is 2.16. The van der Waals surface area contributed by atoms with Gasteiger partial charge in [-0.1, -0.05) is 6.42 Å². The molecule has 0 aromatic heterocycles. The number of hydrogen-bond acceptors (Lipinski definition) is 6. The number of rotatable bonds is 9. The highest BCUT2D eigenvalue weighted by Gasteiger charge is 2.06. The Kier molecular flexibility index (Phi) is 11.2. The highest BCUT2D eigenvalue weighted by Crippen LogP contribution is 2.03. The molecular weight excluding hydrogens is 290 g/mol. The van der Waals surface area contributed by atoms with Crippen molar-refractivity contribution in [3.8, 4) is 0 Å². The average Bonchev–Trinajstić information content (AvgIpc) is 2.50. The highest BCUT2D eigenvalue weighted by molar-refractivity contribution is 8.13. The van der Waals surface area contributed by atoms with E-state index in [9.17, 15) is 9.59 Å². The number of methoxy groups -OCH3 is 1. The molecule has 0 radical (unpaired) electrons. The molecule has 0 heterocycles. The molecule has 6 nitrogen and oxygen atoms in total. The lowest BCUT2D eigenvalue weighted by molar-refractivity contribution is -0.140. The van der Waals surface area contributed by atoms with Gasteiger partial charge in [-0.2, -0.15) is 0 Å². The van der Waals surface area contributed by atoms with Crippen molar-refractivity contribution in [3.05, 3.63) is 11.9 Å². The van der Waals surface area contributed by atoms with E-state index in [0.29, 0.717) is 13.0 Å². The zero-order valence-corrected chi connectivity index (χ0v) is 13.7. The third kappa shape index (κ3) is 9.84. The maximum Gasteiger partial charge on any atom is 0.305 e. The summed E-state index contributed by atoms with van der Waals surface area (Å²) in [6, 6.07) is 0. The molecule has 0 bridgehead atoms. The van der Waals surface area contributed by atoms with Crippen molar-refractivity contribution < 1.29 is 14.3 Å². The van der Waals surface area contributed by atoms with Gasteiger partial charge in [-0.15, -0.1) is 11.8 Å². The third-order valence-electron chi connectivity index (χ3n) is 2.64. The second kappa shape index (κ2) is 12.1. The first-order valence-corrected chi connectivity index (χ1v) is 7.88. The number of nitrogens with one attached hydrogen (secondary N) is 1. The molecule has 0 aliphatic carbocycles. The number of unbranched alkanes of at least 4 members (excludes halogenated alkanes) is 2. The van der Waals surface area contributed by atoms with Crippen LogP contribution in [0.5, 0.6) is 0 Å². The zero-order valence-electron chi connectivity index (χ0n) is 12.8. The minimum atomic E-state index is -0.296. The maximum atomic E-state index is 11.8. The van der Waals surface area contributed by atoms with Crippen LogP contribution >= 0.6 is 11.8 Å². The number of nitrogens with zero attached hydrogens (tertiary/aromatic N) is 2. The molecule has 1 N–H and O–H groups in total. The molecule has 0 unspecified atom stereocenters. The zero-order chi connectivity index (χ0) is 16.1. The number of ether oxygens (including phenoxy) is 1. The van der Waals surface area contributed by atoms with Gasteiger partial charge in [-0.3, -0.25) is 19.6 Å². The fourth-order valence-corrected chi connectivity index (χ4v) is 1.50. The summed E-state index contributed by atoms with van der Waals surface area (Å²) in [5.41, 5.74) is 0.193. The molecule has 0 spiro atoms. The summed E-state index contributed by atoms with van der Waals surface area (Å²) in [6.45, 7) is 5.74. The third-order valence-corrected chi connectivity index (χ3v) is 3.33. The molecule has 0 aliphatic rings. The minimum Gasteiger partial charge on any atom is -0.469 e. The molecule has 0 atom stereocenters. The van der Waals surface area contributed by atoms with Crippen molar-refractivity contribution >= 4 is 35.4 Å². The average molecular weight is 313 g/mol. The number of amides is 1. The molecule has 0 aromatic carbocycles. The van der Waals surface area contributed by atoms with E-state index in [4.69, 9.17) is 0 Å². The number of carbonyl (C=O) groups is 2. The molecule has 0 saturated heterocycles. The number of hydrogen-bond donors (Lipinski definition) is 1. The summed E-state index contributed by atoms with van der Waals surface area (Å²) >= 11 is 1.49. The van der Waals surface area contributed by atoms with Crippen molar-refractivity contribution in [1.82, 2.24) is 5.32 Å². The number of thioether (sulfide) groups is 1. The SMILES string of the molecule is C=N/C(=C\N=C(/C)SC)C(=O)NCCCCCC(=O)OC. The van der Waals surface area contributed by atoms with Crippen LogP contribution in [-0.4, -0.2) is 43.5 Å². The molecule has 0 fully saturated rings. The van der Waals surface area contributed by atoms with Crippen molar-refractivity contribution in [2.45, 2.75) is 32.6 Å². The summed E-state index contributed by atoms with van der Waals surface area (Å²) < 4.78 is 4.55. The van der Waals surface area contributed by atoms with Gasteiger partial charge < -0.3 is 10.1 Å². The topological polar surface area (TPSA) is 80.1 Å². The lowest BCUT2D eigenvalue weighted by Crippen LogP contribution is -2.25. The van der Waals surface area contributed by atoms with E-state index in [1.165, 1.54) is 25.1 Å². The summed E-state index contributed by atoms with van der Waals surface area (Å²) in [5, 5.41) is 3.58. The van der Waals surface area contributed by atoms with Gasteiger partial charge in [0.25, 0.3) is 5.91 Å². The van der Waals surface area contributed by atoms with Crippen LogP contribution in [0.25, 0.3) is 0 Å². The Morgan fingerprint density at radius 1 is 1.33 bits per heavy atom. The van der Waals surface area contributed by atoms with E-state index in [1.807, 2.05) is 13.2 Å². The van der Waals surface area contributed by atoms with Crippen LogP contribution in [0.4, 0.5) is 0 Å². The monoisotopic (exact) mass is 313 g/mol. The van der Waals surface area contributed by atoms with Crippen molar-refractivity contribution in [2.24, 2.45) is 9.98 Å². The van der Waals surface area contributed by atoms with Gasteiger partial charge in [0.15, 0.2) is 0 Å². The van der Waals surface area contributed by atoms with Gasteiger partial charge in [0.2, 0.25) is 0 Å². The van der Waals surface area contributed by atoms with Crippen molar-refractivity contribution in [3.63, 3.8) is 0 Å². The predicted molar refractivity (Wildman–Crippen MR) is 87.7 cm³/mol. The lowest BCUT2D eigenvalue weighted by atomic mass is 10.2. The largest absolute Gasteiger partial charge is 0.469 e. The molecule has 0 rings (SSSR count). The van der Waals surface area contributed by atoms with E-state index in [0.717, 1.165) is 24.3 Å². The molecule has 0 aromatic rings. The van der Waals surface area contributed by atoms with Gasteiger partial charge in [-0.05, 0) is 32.7 Å². The highest BCUT2D eigenvalue weighted by atomic mass is 32.2. The van der Waals surface area contributed by atoms with Crippen LogP contribution in [0.1, 0.15) is 32.6 Å². The summed E-state index contributed by atoms with van der Waals surface area (Å²) in [7, 11) is 1.37. The van der Waals surface area contributed by atoms with Crippen molar-refractivity contribution in [1.29, 1.82) is 0 Å². The minimum absolute atomic E-state index is 0.193. The van der Waals surface area contributed by atoms with E-state index < -0.39 is 0 Å². The van der Waals surface area contributed by atoms with Gasteiger partial charge in [0.1, 0.15) is 5.70 Å². The second-order valence-corrected chi connectivity index (χ2v) is 5.17. The first-order chi connectivity index (χ1) is 10.0. The van der Waals surface area contributed by atoms with Crippen LogP contribution in [-0.2, 0) is 14.3 Å². The Morgan fingerprint density at radius 3 is 2.62 bits per heavy atom. The van der Waals surface area contributed by atoms with E-state index in [1.54, 1.807) is 0 Å². The smallest absolute Gasteiger partial charge is 0.305 e. The van der Waals surface area contributed by atoms with E-state index >= 15 is 0 Å². The summed E-state index contributed by atoms with van der Waals surface area (Å²) in [5.74, 6) is -0.502. The number of esters is 1. The van der Waals surface area contributed by atoms with E-state index in [2.05, 4.69) is 26.8 Å². The molecular formula is C14H23N3O3S. The maximum absolute atomic E-state index is 11.8. The molecule has 1 amide bonds. The quantitative estimate of drug-likeness (QED) is 0.232. The van der Waals surface area contributed by atoms with Gasteiger partial charge >= 0.3 is 5.97 Å². The first-order valence-electron chi connectivity index (χ1n) is 6.65. The molecule has 0 aliphatic heterocycles. The Morgan fingerprint density at radius 2 is 2.05 bits per heavy atom. The fourth-order valence-electron chi connectivity index (χ4n) is 1.34. The standard InChI is InChI=1S/C14H23N3O3S/c1-11(21-4)17-10-12(15-2)14(19)16-9-7-5-6-8-13(18)20-3/h10H,2,5-9H2,1,3-4H3,(H,16,19)/b12-10-,17-11+.